The lowest BCUT2D eigenvalue weighted by atomic mass is 9.70. The van der Waals surface area contributed by atoms with E-state index in [9.17, 15) is 0 Å². The molecule has 79 heavy (non-hydrogen) atoms. The van der Waals surface area contributed by atoms with Crippen molar-refractivity contribution in [3.05, 3.63) is 276 Å². The average molecular weight is 1020 g/mol. The predicted octanol–water partition coefficient (Wildman–Crippen LogP) is 21.3. The molecule has 16 rings (SSSR count). The average Bonchev–Trinajstić information content (AvgIpc) is 4.16. The molecule has 1 spiro atoms. The maximum atomic E-state index is 6.98. The number of hydrogen-bond acceptors (Lipinski definition) is 4. The maximum Gasteiger partial charge on any atom is 0.159 e. The summed E-state index contributed by atoms with van der Waals surface area (Å²) < 4.78 is 14.0. The number of furan rings is 2. The van der Waals surface area contributed by atoms with Crippen molar-refractivity contribution in [2.75, 3.05) is 9.80 Å². The molecule has 2 aliphatic rings. The minimum atomic E-state index is -0.744. The van der Waals surface area contributed by atoms with Crippen LogP contribution in [0.1, 0.15) is 72.9 Å². The third kappa shape index (κ3) is 6.43. The number of fused-ring (bicyclic) bond motifs is 20. The highest BCUT2D eigenvalue weighted by Gasteiger charge is 2.53. The first-order valence-corrected chi connectivity index (χ1v) is 27.8. The second-order valence-electron chi connectivity index (χ2n) is 22.2. The Morgan fingerprint density at radius 1 is 0.304 bits per heavy atom. The smallest absolute Gasteiger partial charge is 0.159 e. The highest BCUT2D eigenvalue weighted by molar-refractivity contribution is 6.21. The highest BCUT2D eigenvalue weighted by atomic mass is 16.3. The zero-order valence-corrected chi connectivity index (χ0v) is 44.5. The van der Waals surface area contributed by atoms with Crippen molar-refractivity contribution >= 4 is 99.5 Å². The zero-order chi connectivity index (χ0) is 52.7. The minimum Gasteiger partial charge on any atom is -0.454 e. The van der Waals surface area contributed by atoms with Crippen LogP contribution in [0.4, 0.5) is 34.1 Å². The Hall–Kier alpha value is -9.64. The van der Waals surface area contributed by atoms with Gasteiger partial charge in [-0.15, -0.1) is 0 Å². The first kappa shape index (κ1) is 45.5. The van der Waals surface area contributed by atoms with E-state index in [-0.39, 0.29) is 0 Å². The number of rotatable bonds is 8. The van der Waals surface area contributed by atoms with Crippen molar-refractivity contribution in [3.63, 3.8) is 0 Å². The van der Waals surface area contributed by atoms with Crippen molar-refractivity contribution in [1.82, 2.24) is 0 Å². The maximum absolute atomic E-state index is 6.98. The lowest BCUT2D eigenvalue weighted by Crippen LogP contribution is -2.26. The van der Waals surface area contributed by atoms with Crippen LogP contribution in [-0.2, 0) is 5.41 Å². The SMILES string of the molecule is CC(C)c1ccc(N(c2cc3c(c4ccccc24)-c2c(cc(N(c4ccc(C(C)C)cc4)c4cccc5c4oc4ccccc45)c4ccccc24)C32c3ccccc3-c3ccccc32)c2cccc3c2oc2ccccc23)cc1. The molecule has 12 aromatic carbocycles. The van der Waals surface area contributed by atoms with Crippen LogP contribution in [0.5, 0.6) is 0 Å². The van der Waals surface area contributed by atoms with Gasteiger partial charge in [-0.3, -0.25) is 0 Å². The Kier molecular flexibility index (Phi) is 9.91. The van der Waals surface area contributed by atoms with Crippen LogP contribution >= 0.6 is 0 Å². The molecule has 2 heterocycles. The van der Waals surface area contributed by atoms with Gasteiger partial charge in [0.15, 0.2) is 11.2 Å². The molecule has 0 unspecified atom stereocenters. The van der Waals surface area contributed by atoms with Gasteiger partial charge in [-0.25, -0.2) is 0 Å². The molecule has 4 heteroatoms. The molecular formula is C75H54N2O2. The Morgan fingerprint density at radius 3 is 1.08 bits per heavy atom. The topological polar surface area (TPSA) is 32.8 Å². The summed E-state index contributed by atoms with van der Waals surface area (Å²) in [5.74, 6) is 0.759. The van der Waals surface area contributed by atoms with Gasteiger partial charge in [0.1, 0.15) is 11.2 Å². The Morgan fingerprint density at radius 2 is 0.658 bits per heavy atom. The molecule has 0 amide bonds. The summed E-state index contributed by atoms with van der Waals surface area (Å²) in [4.78, 5) is 4.95. The van der Waals surface area contributed by atoms with Crippen LogP contribution in [0.15, 0.2) is 251 Å². The van der Waals surface area contributed by atoms with Crippen LogP contribution in [-0.4, -0.2) is 0 Å². The molecule has 0 bridgehead atoms. The van der Waals surface area contributed by atoms with E-state index in [1.165, 1.54) is 66.4 Å². The standard InChI is InChI=1S/C75H54N2O2/c1-45(2)47-35-39-49(40-36-47)76(65-31-17-27-59-55-23-11-15-33-69(55)78-73(59)65)67-43-63-71(57-25-7-5-21-53(57)67)72-58-26-8-6-22-54(58)68(44-64(72)75(63)61-29-13-9-19-51(61)52-20-10-14-30-62(52)75)77(50-41-37-48(38-42-50)46(3)4)66-32-18-28-60-56-24-12-16-34-70(56)79-74(60)66/h5-46H,1-4H3. The minimum absolute atomic E-state index is 0.379. The van der Waals surface area contributed by atoms with Gasteiger partial charge in [0, 0.05) is 43.7 Å². The van der Waals surface area contributed by atoms with Crippen molar-refractivity contribution < 1.29 is 8.83 Å². The van der Waals surface area contributed by atoms with Crippen LogP contribution < -0.4 is 9.80 Å². The predicted molar refractivity (Wildman–Crippen MR) is 330 cm³/mol. The lowest BCUT2D eigenvalue weighted by Gasteiger charge is -2.34. The molecule has 0 saturated heterocycles. The molecule has 0 saturated carbocycles. The second kappa shape index (κ2) is 17.2. The molecule has 2 aliphatic carbocycles. The Balaban J connectivity index is 1.05. The summed E-state index contributed by atoms with van der Waals surface area (Å²) >= 11 is 0. The van der Waals surface area contributed by atoms with Crippen molar-refractivity contribution in [2.45, 2.75) is 44.9 Å². The molecule has 2 aromatic heterocycles. The Labute approximate surface area is 459 Å². The monoisotopic (exact) mass is 1010 g/mol. The van der Waals surface area contributed by atoms with Gasteiger partial charge in [0.05, 0.1) is 28.2 Å². The summed E-state index contributed by atoms with van der Waals surface area (Å²) in [5.41, 5.74) is 21.6. The second-order valence-corrected chi connectivity index (χ2v) is 22.2. The summed E-state index contributed by atoms with van der Waals surface area (Å²) in [5, 5.41) is 9.08. The van der Waals surface area contributed by atoms with Crippen LogP contribution in [0.25, 0.3) is 87.7 Å². The van der Waals surface area contributed by atoms with E-state index in [1.54, 1.807) is 0 Å². The normalized spacial score (nSPS) is 13.1. The molecule has 0 radical (unpaired) electrons. The van der Waals surface area contributed by atoms with E-state index >= 15 is 0 Å². The number of hydrogen-bond donors (Lipinski definition) is 0. The van der Waals surface area contributed by atoms with E-state index in [4.69, 9.17) is 8.83 Å². The van der Waals surface area contributed by atoms with Crippen molar-refractivity contribution in [1.29, 1.82) is 0 Å². The van der Waals surface area contributed by atoms with Crippen LogP contribution in [0, 0.1) is 0 Å². The van der Waals surface area contributed by atoms with E-state index in [1.807, 2.05) is 0 Å². The van der Waals surface area contributed by atoms with Crippen molar-refractivity contribution in [3.8, 4) is 22.3 Å². The van der Waals surface area contributed by atoms with Crippen LogP contribution in [0.2, 0.25) is 0 Å². The van der Waals surface area contributed by atoms with Gasteiger partial charge in [-0.05, 0) is 139 Å². The van der Waals surface area contributed by atoms with Gasteiger partial charge in [0.25, 0.3) is 0 Å². The summed E-state index contributed by atoms with van der Waals surface area (Å²) in [6.45, 7) is 9.06. The first-order valence-electron chi connectivity index (χ1n) is 27.8. The summed E-state index contributed by atoms with van der Waals surface area (Å²) in [6, 6.07) is 90.1. The molecule has 14 aromatic rings. The number of benzene rings is 12. The molecule has 0 N–H and O–H groups in total. The van der Waals surface area contributed by atoms with Gasteiger partial charge in [0.2, 0.25) is 0 Å². The number of nitrogens with zero attached hydrogens (tertiary/aromatic N) is 2. The molecule has 376 valence electrons. The molecule has 4 nitrogen and oxygen atoms in total. The molecular weight excluding hydrogens is 961 g/mol. The van der Waals surface area contributed by atoms with E-state index in [2.05, 4.69) is 280 Å². The molecule has 0 atom stereocenters. The fraction of sp³-hybridized carbons (Fsp3) is 0.0933. The van der Waals surface area contributed by atoms with E-state index < -0.39 is 5.41 Å². The van der Waals surface area contributed by atoms with Gasteiger partial charge < -0.3 is 18.6 Å². The highest BCUT2D eigenvalue weighted by Crippen LogP contribution is 2.67. The number of para-hydroxylation sites is 4. The van der Waals surface area contributed by atoms with E-state index in [0.29, 0.717) is 11.8 Å². The number of anilines is 6. The lowest BCUT2D eigenvalue weighted by molar-refractivity contribution is 0.669. The zero-order valence-electron chi connectivity index (χ0n) is 44.5. The fourth-order valence-corrected chi connectivity index (χ4v) is 13.8. The first-order chi connectivity index (χ1) is 38.9. The fourth-order valence-electron chi connectivity index (χ4n) is 13.8. The van der Waals surface area contributed by atoms with Gasteiger partial charge in [-0.2, -0.15) is 0 Å². The third-order valence-corrected chi connectivity index (χ3v) is 17.4. The quantitative estimate of drug-likeness (QED) is 0.152. The van der Waals surface area contributed by atoms with E-state index in [0.717, 1.165) is 88.8 Å². The third-order valence-electron chi connectivity index (χ3n) is 17.4. The van der Waals surface area contributed by atoms with Crippen LogP contribution in [0.3, 0.4) is 0 Å². The molecule has 0 fully saturated rings. The molecule has 0 aliphatic heterocycles. The van der Waals surface area contributed by atoms with Gasteiger partial charge >= 0.3 is 0 Å². The Bertz CT molecular complexity index is 4500. The largest absolute Gasteiger partial charge is 0.454 e. The summed E-state index contributed by atoms with van der Waals surface area (Å²) in [7, 11) is 0. The summed E-state index contributed by atoms with van der Waals surface area (Å²) in [6.07, 6.45) is 0. The van der Waals surface area contributed by atoms with Crippen molar-refractivity contribution in [2.24, 2.45) is 0 Å². The van der Waals surface area contributed by atoms with Gasteiger partial charge in [-0.1, -0.05) is 210 Å².